The smallest absolute Gasteiger partial charge is 0.338 e. The van der Waals surface area contributed by atoms with Gasteiger partial charge in [-0.15, -0.1) is 0 Å². The Hall–Kier alpha value is -1.65. The van der Waals surface area contributed by atoms with Crippen molar-refractivity contribution in [3.05, 3.63) is 29.3 Å². The number of nitrogens with one attached hydrogen (secondary N) is 1. The number of hydrogen-bond donors (Lipinski definition) is 2. The number of carboxylic acid groups (broad SMARTS) is 1. The van der Waals surface area contributed by atoms with Gasteiger partial charge in [0.2, 0.25) is 0 Å². The molecule has 0 saturated heterocycles. The number of benzene rings is 1. The molecule has 86 valence electrons. The highest BCUT2D eigenvalue weighted by Crippen LogP contribution is 2.29. The normalized spacial score (nSPS) is 14.9. The maximum Gasteiger partial charge on any atom is 0.338 e. The Balaban J connectivity index is 2.21. The highest BCUT2D eigenvalue weighted by atomic mass is 19.1. The van der Waals surface area contributed by atoms with Crippen molar-refractivity contribution in [3.8, 4) is 0 Å². The zero-order valence-electron chi connectivity index (χ0n) is 8.46. The molecule has 1 aliphatic carbocycles. The third kappa shape index (κ3) is 2.29. The fraction of sp³-hybridized carbons (Fsp3) is 0.364. The van der Waals surface area contributed by atoms with Gasteiger partial charge in [-0.2, -0.15) is 0 Å². The number of aromatic carboxylic acids is 1. The summed E-state index contributed by atoms with van der Waals surface area (Å²) in [6.07, 6.45) is 2.20. The van der Waals surface area contributed by atoms with Gasteiger partial charge in [0.05, 0.1) is 11.3 Å². The lowest BCUT2D eigenvalue weighted by Crippen LogP contribution is -2.08. The van der Waals surface area contributed by atoms with Gasteiger partial charge in [-0.1, -0.05) is 0 Å². The summed E-state index contributed by atoms with van der Waals surface area (Å²) in [6.45, 7) is 0.599. The van der Waals surface area contributed by atoms with Crippen molar-refractivity contribution in [1.82, 2.24) is 0 Å². The summed E-state index contributed by atoms with van der Waals surface area (Å²) in [4.78, 5) is 10.6. The van der Waals surface area contributed by atoms with Crippen LogP contribution < -0.4 is 5.32 Å². The van der Waals surface area contributed by atoms with Crippen LogP contribution in [0.15, 0.2) is 12.1 Å². The van der Waals surface area contributed by atoms with Gasteiger partial charge < -0.3 is 10.4 Å². The molecule has 0 aliphatic heterocycles. The van der Waals surface area contributed by atoms with Crippen molar-refractivity contribution < 1.29 is 18.7 Å². The predicted molar refractivity (Wildman–Crippen MR) is 54.5 cm³/mol. The summed E-state index contributed by atoms with van der Waals surface area (Å²) in [5, 5.41) is 11.5. The van der Waals surface area contributed by atoms with Crippen LogP contribution in [0.2, 0.25) is 0 Å². The van der Waals surface area contributed by atoms with E-state index in [0.29, 0.717) is 18.5 Å². The molecule has 2 rings (SSSR count). The standard InChI is InChI=1S/C11H11F2NO2/c12-8-4-9(13)10(3-7(8)11(15)16)14-5-6-1-2-6/h3-4,6,14H,1-2,5H2,(H,15,16). The van der Waals surface area contributed by atoms with Crippen molar-refractivity contribution >= 4 is 11.7 Å². The number of carbonyl (C=O) groups is 1. The molecule has 1 fully saturated rings. The van der Waals surface area contributed by atoms with E-state index in [1.165, 1.54) is 0 Å². The molecule has 0 amide bonds. The van der Waals surface area contributed by atoms with Gasteiger partial charge in [-0.05, 0) is 24.8 Å². The van der Waals surface area contributed by atoms with E-state index in [-0.39, 0.29) is 5.69 Å². The molecule has 0 heterocycles. The zero-order valence-corrected chi connectivity index (χ0v) is 8.46. The van der Waals surface area contributed by atoms with E-state index in [9.17, 15) is 13.6 Å². The predicted octanol–water partition coefficient (Wildman–Crippen LogP) is 2.48. The minimum atomic E-state index is -1.40. The summed E-state index contributed by atoms with van der Waals surface area (Å²) >= 11 is 0. The number of anilines is 1. The van der Waals surface area contributed by atoms with Gasteiger partial charge in [0.15, 0.2) is 0 Å². The molecule has 0 aromatic heterocycles. The molecule has 3 nitrogen and oxygen atoms in total. The summed E-state index contributed by atoms with van der Waals surface area (Å²) in [5.41, 5.74) is -0.467. The molecule has 0 atom stereocenters. The second kappa shape index (κ2) is 4.08. The van der Waals surface area contributed by atoms with Gasteiger partial charge in [-0.3, -0.25) is 0 Å². The maximum atomic E-state index is 13.3. The average molecular weight is 227 g/mol. The summed E-state index contributed by atoms with van der Waals surface area (Å²) < 4.78 is 26.3. The quantitative estimate of drug-likeness (QED) is 0.830. The van der Waals surface area contributed by atoms with E-state index in [1.54, 1.807) is 0 Å². The molecule has 2 N–H and O–H groups in total. The van der Waals surface area contributed by atoms with Crippen molar-refractivity contribution in [3.63, 3.8) is 0 Å². The third-order valence-electron chi connectivity index (χ3n) is 2.57. The van der Waals surface area contributed by atoms with Crippen LogP contribution in [-0.4, -0.2) is 17.6 Å². The molecule has 1 aromatic carbocycles. The molecular weight excluding hydrogens is 216 g/mol. The summed E-state index contributed by atoms with van der Waals surface area (Å²) in [7, 11) is 0. The number of halogens is 2. The Bertz CT molecular complexity index is 430. The molecule has 0 radical (unpaired) electrons. The first-order valence-corrected chi connectivity index (χ1v) is 5.04. The second-order valence-corrected chi connectivity index (χ2v) is 3.94. The number of hydrogen-bond acceptors (Lipinski definition) is 2. The van der Waals surface area contributed by atoms with Crippen LogP contribution in [0.1, 0.15) is 23.2 Å². The zero-order chi connectivity index (χ0) is 11.7. The number of carboxylic acids is 1. The maximum absolute atomic E-state index is 13.3. The van der Waals surface area contributed by atoms with Crippen molar-refractivity contribution in [2.45, 2.75) is 12.8 Å². The van der Waals surface area contributed by atoms with E-state index < -0.39 is 23.2 Å². The fourth-order valence-corrected chi connectivity index (χ4v) is 1.42. The first-order chi connectivity index (χ1) is 7.58. The lowest BCUT2D eigenvalue weighted by Gasteiger charge is -2.08. The van der Waals surface area contributed by atoms with Gasteiger partial charge in [0, 0.05) is 12.6 Å². The Labute approximate surface area is 91.1 Å². The van der Waals surface area contributed by atoms with E-state index in [4.69, 9.17) is 5.11 Å². The fourth-order valence-electron chi connectivity index (χ4n) is 1.42. The van der Waals surface area contributed by atoms with Crippen molar-refractivity contribution in [1.29, 1.82) is 0 Å². The molecule has 0 unspecified atom stereocenters. The first-order valence-electron chi connectivity index (χ1n) is 5.04. The Morgan fingerprint density at radius 3 is 2.62 bits per heavy atom. The first kappa shape index (κ1) is 10.9. The van der Waals surface area contributed by atoms with Gasteiger partial charge >= 0.3 is 5.97 Å². The SMILES string of the molecule is O=C(O)c1cc(NCC2CC2)c(F)cc1F. The van der Waals surface area contributed by atoms with Gasteiger partial charge in [0.1, 0.15) is 11.6 Å². The molecule has 16 heavy (non-hydrogen) atoms. The van der Waals surface area contributed by atoms with E-state index in [2.05, 4.69) is 5.32 Å². The van der Waals surface area contributed by atoms with Crippen LogP contribution >= 0.6 is 0 Å². The molecule has 0 spiro atoms. The Morgan fingerprint density at radius 2 is 2.06 bits per heavy atom. The van der Waals surface area contributed by atoms with E-state index >= 15 is 0 Å². The van der Waals surface area contributed by atoms with Crippen LogP contribution in [-0.2, 0) is 0 Å². The summed E-state index contributed by atoms with van der Waals surface area (Å²) in [5.74, 6) is -2.69. The third-order valence-corrected chi connectivity index (χ3v) is 2.57. The molecule has 1 saturated carbocycles. The minimum Gasteiger partial charge on any atom is -0.478 e. The molecule has 1 aliphatic rings. The van der Waals surface area contributed by atoms with Crippen molar-refractivity contribution in [2.75, 3.05) is 11.9 Å². The Kier molecular flexibility index (Phi) is 2.77. The lowest BCUT2D eigenvalue weighted by molar-refractivity contribution is 0.0692. The number of rotatable bonds is 4. The van der Waals surface area contributed by atoms with E-state index in [0.717, 1.165) is 18.9 Å². The largest absolute Gasteiger partial charge is 0.478 e. The Morgan fingerprint density at radius 1 is 1.38 bits per heavy atom. The minimum absolute atomic E-state index is 0.0469. The van der Waals surface area contributed by atoms with Crippen LogP contribution in [0.5, 0.6) is 0 Å². The monoisotopic (exact) mass is 227 g/mol. The van der Waals surface area contributed by atoms with Crippen LogP contribution in [0, 0.1) is 17.6 Å². The highest BCUT2D eigenvalue weighted by molar-refractivity contribution is 5.89. The topological polar surface area (TPSA) is 49.3 Å². The van der Waals surface area contributed by atoms with Crippen LogP contribution in [0.25, 0.3) is 0 Å². The lowest BCUT2D eigenvalue weighted by atomic mass is 10.1. The molecule has 0 bridgehead atoms. The summed E-state index contributed by atoms with van der Waals surface area (Å²) in [6, 6.07) is 1.59. The highest BCUT2D eigenvalue weighted by Gasteiger charge is 2.22. The van der Waals surface area contributed by atoms with Crippen LogP contribution in [0.4, 0.5) is 14.5 Å². The van der Waals surface area contributed by atoms with Crippen LogP contribution in [0.3, 0.4) is 0 Å². The van der Waals surface area contributed by atoms with Crippen molar-refractivity contribution in [2.24, 2.45) is 5.92 Å². The van der Waals surface area contributed by atoms with E-state index in [1.807, 2.05) is 0 Å². The second-order valence-electron chi connectivity index (χ2n) is 3.94. The van der Waals surface area contributed by atoms with Gasteiger partial charge in [-0.25, -0.2) is 13.6 Å². The average Bonchev–Trinajstić information content (AvgIpc) is 2.99. The molecule has 5 heteroatoms. The van der Waals surface area contributed by atoms with Gasteiger partial charge in [0.25, 0.3) is 0 Å². The molecular formula is C11H11F2NO2. The molecule has 1 aromatic rings.